The maximum absolute atomic E-state index is 11.5. The van der Waals surface area contributed by atoms with Crippen molar-refractivity contribution in [2.45, 2.75) is 13.8 Å². The molecule has 0 N–H and O–H groups in total. The van der Waals surface area contributed by atoms with Crippen molar-refractivity contribution in [1.29, 1.82) is 0 Å². The van der Waals surface area contributed by atoms with Crippen LogP contribution in [0.2, 0.25) is 0 Å². The Balaban J connectivity index is 0.00000400. The number of likely N-dealkylation sites (N-methyl/N-ethyl adjacent to an activating group) is 1. The van der Waals surface area contributed by atoms with Crippen LogP contribution in [0.25, 0.3) is 6.08 Å². The summed E-state index contributed by atoms with van der Waals surface area (Å²) in [5.41, 5.74) is 0.937. The average molecular weight is 314 g/mol. The van der Waals surface area contributed by atoms with Crippen LogP contribution in [0.4, 0.5) is 0 Å². The predicted molar refractivity (Wildman–Crippen MR) is 88.0 cm³/mol. The van der Waals surface area contributed by atoms with Crippen molar-refractivity contribution in [1.82, 2.24) is 4.90 Å². The summed E-state index contributed by atoms with van der Waals surface area (Å²) < 4.78 is 10.2. The molecule has 0 aliphatic rings. The third-order valence-corrected chi connectivity index (χ3v) is 3.07. The quantitative estimate of drug-likeness (QED) is 0.546. The number of nitrogens with zero attached hydrogens (tertiary/aromatic N) is 1. The van der Waals surface area contributed by atoms with Crippen LogP contribution in [0.15, 0.2) is 30.3 Å². The highest BCUT2D eigenvalue weighted by molar-refractivity contribution is 5.87. The van der Waals surface area contributed by atoms with Crippen molar-refractivity contribution in [3.05, 3.63) is 35.9 Å². The molecule has 0 spiro atoms. The summed E-state index contributed by atoms with van der Waals surface area (Å²) in [6.07, 6.45) is 3.18. The third kappa shape index (κ3) is 7.73. The number of hydrogen-bond acceptors (Lipinski definition) is 4. The van der Waals surface area contributed by atoms with Crippen molar-refractivity contribution in [2.24, 2.45) is 0 Å². The second kappa shape index (κ2) is 11.2. The van der Waals surface area contributed by atoms with Crippen LogP contribution in [0, 0.1) is 0 Å². The van der Waals surface area contributed by atoms with Gasteiger partial charge in [0.2, 0.25) is 0 Å². The van der Waals surface area contributed by atoms with E-state index in [0.717, 1.165) is 30.9 Å². The fraction of sp³-hybridized carbons (Fsp3) is 0.438. The lowest BCUT2D eigenvalue weighted by molar-refractivity contribution is -0.138. The number of carbonyl (C=O) groups excluding carboxylic acids is 1. The van der Waals surface area contributed by atoms with Gasteiger partial charge in [-0.25, -0.2) is 4.79 Å². The van der Waals surface area contributed by atoms with E-state index in [9.17, 15) is 4.79 Å². The van der Waals surface area contributed by atoms with Crippen LogP contribution in [0.1, 0.15) is 19.4 Å². The maximum atomic E-state index is 11.5. The summed E-state index contributed by atoms with van der Waals surface area (Å²) in [5.74, 6) is 0.483. The molecule has 0 bridgehead atoms. The molecule has 0 aromatic heterocycles. The lowest BCUT2D eigenvalue weighted by Crippen LogP contribution is -2.27. The van der Waals surface area contributed by atoms with Crippen LogP contribution < -0.4 is 4.74 Å². The summed E-state index contributed by atoms with van der Waals surface area (Å²) >= 11 is 0. The monoisotopic (exact) mass is 313 g/mol. The van der Waals surface area contributed by atoms with Gasteiger partial charge in [0.1, 0.15) is 12.4 Å². The molecule has 0 fully saturated rings. The molecule has 0 aliphatic carbocycles. The number of benzene rings is 1. The molecule has 118 valence electrons. The minimum Gasteiger partial charge on any atom is -0.497 e. The van der Waals surface area contributed by atoms with Crippen LogP contribution in [-0.2, 0) is 9.53 Å². The number of methoxy groups -OCH3 is 1. The Kier molecular flexibility index (Phi) is 10.4. The second-order valence-corrected chi connectivity index (χ2v) is 4.30. The standard InChI is InChI=1S/C16H23NO3.ClH/c1-4-17(5-2)12-13-20-16(18)11-8-14-6-9-15(19-3)10-7-14;/h6-11H,4-5,12-13H2,1-3H3;1H/b11-8-;. The van der Waals surface area contributed by atoms with Crippen molar-refractivity contribution in [2.75, 3.05) is 33.4 Å². The average Bonchev–Trinajstić information content (AvgIpc) is 2.50. The molecule has 0 amide bonds. The van der Waals surface area contributed by atoms with E-state index in [1.165, 1.54) is 6.08 Å². The SMILES string of the molecule is CCN(CC)CCOC(=O)/C=C\c1ccc(OC)cc1.Cl. The van der Waals surface area contributed by atoms with E-state index in [4.69, 9.17) is 9.47 Å². The second-order valence-electron chi connectivity index (χ2n) is 4.30. The number of carbonyl (C=O) groups is 1. The van der Waals surface area contributed by atoms with Gasteiger partial charge in [0, 0.05) is 12.6 Å². The van der Waals surface area contributed by atoms with Gasteiger partial charge in [-0.1, -0.05) is 26.0 Å². The topological polar surface area (TPSA) is 38.8 Å². The largest absolute Gasteiger partial charge is 0.497 e. The van der Waals surface area contributed by atoms with Gasteiger partial charge in [-0.15, -0.1) is 12.4 Å². The van der Waals surface area contributed by atoms with Gasteiger partial charge in [0.05, 0.1) is 7.11 Å². The lowest BCUT2D eigenvalue weighted by Gasteiger charge is -2.16. The Hall–Kier alpha value is -1.52. The molecule has 0 atom stereocenters. The Bertz CT molecular complexity index is 428. The molecule has 21 heavy (non-hydrogen) atoms. The molecule has 4 nitrogen and oxygen atoms in total. The molecule has 1 aromatic carbocycles. The molecular formula is C16H24ClNO3. The highest BCUT2D eigenvalue weighted by Gasteiger charge is 2.01. The number of esters is 1. The summed E-state index contributed by atoms with van der Waals surface area (Å²) in [6.45, 7) is 7.32. The Morgan fingerprint density at radius 1 is 1.19 bits per heavy atom. The number of ether oxygens (including phenoxy) is 2. The predicted octanol–water partition coefficient (Wildman–Crippen LogP) is 3.02. The van der Waals surface area contributed by atoms with Crippen molar-refractivity contribution in [3.63, 3.8) is 0 Å². The van der Waals surface area contributed by atoms with E-state index < -0.39 is 0 Å². The highest BCUT2D eigenvalue weighted by Crippen LogP contribution is 2.12. The Morgan fingerprint density at radius 2 is 1.81 bits per heavy atom. The first-order chi connectivity index (χ1) is 9.69. The smallest absolute Gasteiger partial charge is 0.330 e. The fourth-order valence-corrected chi connectivity index (χ4v) is 1.74. The van der Waals surface area contributed by atoms with Crippen LogP contribution in [0.3, 0.4) is 0 Å². The molecule has 0 saturated heterocycles. The molecule has 0 unspecified atom stereocenters. The van der Waals surface area contributed by atoms with Gasteiger partial charge in [0.25, 0.3) is 0 Å². The van der Waals surface area contributed by atoms with E-state index in [2.05, 4.69) is 18.7 Å². The van der Waals surface area contributed by atoms with Gasteiger partial charge >= 0.3 is 5.97 Å². The molecule has 0 saturated carbocycles. The third-order valence-electron chi connectivity index (χ3n) is 3.07. The van der Waals surface area contributed by atoms with Gasteiger partial charge in [-0.2, -0.15) is 0 Å². The minimum atomic E-state index is -0.312. The molecular weight excluding hydrogens is 290 g/mol. The van der Waals surface area contributed by atoms with E-state index >= 15 is 0 Å². The van der Waals surface area contributed by atoms with Gasteiger partial charge in [-0.3, -0.25) is 0 Å². The summed E-state index contributed by atoms with van der Waals surface area (Å²) in [6, 6.07) is 7.48. The van der Waals surface area contributed by atoms with Gasteiger partial charge in [-0.05, 0) is 36.9 Å². The fourth-order valence-electron chi connectivity index (χ4n) is 1.74. The molecule has 0 radical (unpaired) electrons. The van der Waals surface area contributed by atoms with Crippen molar-refractivity contribution in [3.8, 4) is 5.75 Å². The zero-order valence-corrected chi connectivity index (χ0v) is 13.7. The first kappa shape index (κ1) is 19.5. The number of rotatable bonds is 8. The summed E-state index contributed by atoms with van der Waals surface area (Å²) in [4.78, 5) is 13.8. The molecule has 1 aromatic rings. The lowest BCUT2D eigenvalue weighted by atomic mass is 10.2. The molecule has 0 aliphatic heterocycles. The van der Waals surface area contributed by atoms with E-state index in [-0.39, 0.29) is 18.4 Å². The number of hydrogen-bond donors (Lipinski definition) is 0. The summed E-state index contributed by atoms with van der Waals surface area (Å²) in [5, 5.41) is 0. The van der Waals surface area contributed by atoms with Gasteiger partial charge < -0.3 is 14.4 Å². The minimum absolute atomic E-state index is 0. The zero-order chi connectivity index (χ0) is 14.8. The first-order valence-corrected chi connectivity index (χ1v) is 6.90. The van der Waals surface area contributed by atoms with Crippen LogP contribution in [-0.4, -0.2) is 44.2 Å². The zero-order valence-electron chi connectivity index (χ0n) is 12.9. The van der Waals surface area contributed by atoms with Crippen molar-refractivity contribution < 1.29 is 14.3 Å². The molecule has 1 rings (SSSR count). The van der Waals surface area contributed by atoms with Crippen molar-refractivity contribution >= 4 is 24.5 Å². The Morgan fingerprint density at radius 3 is 2.33 bits per heavy atom. The highest BCUT2D eigenvalue weighted by atomic mass is 35.5. The number of halogens is 1. The van der Waals surface area contributed by atoms with E-state index in [1.54, 1.807) is 13.2 Å². The maximum Gasteiger partial charge on any atom is 0.330 e. The van der Waals surface area contributed by atoms with E-state index in [1.807, 2.05) is 24.3 Å². The summed E-state index contributed by atoms with van der Waals surface area (Å²) in [7, 11) is 1.62. The Labute approximate surface area is 133 Å². The van der Waals surface area contributed by atoms with Crippen LogP contribution >= 0.6 is 12.4 Å². The normalized spacial score (nSPS) is 10.5. The van der Waals surface area contributed by atoms with Gasteiger partial charge in [0.15, 0.2) is 0 Å². The first-order valence-electron chi connectivity index (χ1n) is 6.90. The molecule has 5 heteroatoms. The molecule has 0 heterocycles. The van der Waals surface area contributed by atoms with E-state index in [0.29, 0.717) is 6.61 Å². The van der Waals surface area contributed by atoms with Crippen LogP contribution in [0.5, 0.6) is 5.75 Å².